The molecule has 0 radical (unpaired) electrons. The Balaban J connectivity index is 2.07. The number of rotatable bonds is 4. The molecule has 4 heteroatoms. The van der Waals surface area contributed by atoms with Crippen LogP contribution in [0, 0.1) is 12.8 Å². The van der Waals surface area contributed by atoms with Crippen molar-refractivity contribution in [1.29, 1.82) is 0 Å². The number of nitrogens with two attached hydrogens (primary N) is 1. The highest BCUT2D eigenvalue weighted by molar-refractivity contribution is 5.52. The van der Waals surface area contributed by atoms with Gasteiger partial charge in [-0.05, 0) is 44.9 Å². The van der Waals surface area contributed by atoms with Gasteiger partial charge in [0, 0.05) is 6.54 Å². The fraction of sp³-hybridized carbons (Fsp3) is 0.786. The van der Waals surface area contributed by atoms with Crippen LogP contribution in [0.4, 0.5) is 5.69 Å². The Morgan fingerprint density at radius 2 is 2.00 bits per heavy atom. The van der Waals surface area contributed by atoms with Crippen LogP contribution in [0.5, 0.6) is 5.88 Å². The Labute approximate surface area is 110 Å². The van der Waals surface area contributed by atoms with E-state index in [1.54, 1.807) is 0 Å². The van der Waals surface area contributed by atoms with E-state index in [2.05, 4.69) is 18.9 Å². The zero-order valence-corrected chi connectivity index (χ0v) is 11.8. The van der Waals surface area contributed by atoms with Crippen molar-refractivity contribution in [2.24, 2.45) is 5.92 Å². The lowest BCUT2D eigenvalue weighted by atomic mass is 9.89. The number of nitrogens with zero attached hydrogens (tertiary/aromatic N) is 2. The van der Waals surface area contributed by atoms with Crippen LogP contribution in [0.25, 0.3) is 0 Å². The van der Waals surface area contributed by atoms with Crippen molar-refractivity contribution in [3.05, 3.63) is 5.69 Å². The molecule has 0 spiro atoms. The molecule has 1 aliphatic rings. The van der Waals surface area contributed by atoms with Crippen molar-refractivity contribution in [1.82, 2.24) is 9.78 Å². The number of hydrogen-bond acceptors (Lipinski definition) is 3. The van der Waals surface area contributed by atoms with Gasteiger partial charge < -0.3 is 10.5 Å². The van der Waals surface area contributed by atoms with Gasteiger partial charge in [-0.3, -0.25) is 0 Å². The van der Waals surface area contributed by atoms with Crippen LogP contribution < -0.4 is 10.5 Å². The lowest BCUT2D eigenvalue weighted by Gasteiger charge is -2.27. The summed E-state index contributed by atoms with van der Waals surface area (Å²) >= 11 is 0. The van der Waals surface area contributed by atoms with E-state index in [-0.39, 0.29) is 0 Å². The van der Waals surface area contributed by atoms with Crippen LogP contribution in [0.3, 0.4) is 0 Å². The van der Waals surface area contributed by atoms with Crippen molar-refractivity contribution < 1.29 is 4.74 Å². The molecule has 0 atom stereocenters. The van der Waals surface area contributed by atoms with Crippen LogP contribution in [-0.2, 0) is 6.54 Å². The van der Waals surface area contributed by atoms with Gasteiger partial charge >= 0.3 is 0 Å². The van der Waals surface area contributed by atoms with Gasteiger partial charge in [0.05, 0.1) is 5.69 Å². The van der Waals surface area contributed by atoms with Gasteiger partial charge in [-0.1, -0.05) is 13.8 Å². The summed E-state index contributed by atoms with van der Waals surface area (Å²) in [6.45, 7) is 7.27. The molecule has 102 valence electrons. The van der Waals surface area contributed by atoms with E-state index in [0.717, 1.165) is 43.3 Å². The molecule has 1 aliphatic carbocycles. The summed E-state index contributed by atoms with van der Waals surface area (Å²) in [6, 6.07) is 0. The Kier molecular flexibility index (Phi) is 4.15. The summed E-state index contributed by atoms with van der Waals surface area (Å²) in [7, 11) is 0. The molecular formula is C14H25N3O. The molecule has 2 rings (SSSR count). The van der Waals surface area contributed by atoms with Crippen LogP contribution in [0.1, 0.15) is 51.6 Å². The van der Waals surface area contributed by atoms with Gasteiger partial charge in [-0.25, -0.2) is 4.68 Å². The first kappa shape index (κ1) is 13.2. The zero-order valence-electron chi connectivity index (χ0n) is 11.8. The number of aromatic nitrogens is 2. The summed E-state index contributed by atoms with van der Waals surface area (Å²) in [5.74, 6) is 1.62. The highest BCUT2D eigenvalue weighted by Crippen LogP contribution is 2.31. The molecule has 4 nitrogen and oxygen atoms in total. The molecule has 0 saturated heterocycles. The number of nitrogen functional groups attached to an aromatic ring is 1. The Hall–Kier alpha value is -1.19. The van der Waals surface area contributed by atoms with E-state index in [1.807, 2.05) is 11.6 Å². The van der Waals surface area contributed by atoms with Crippen molar-refractivity contribution in [3.8, 4) is 5.88 Å². The van der Waals surface area contributed by atoms with E-state index >= 15 is 0 Å². The minimum Gasteiger partial charge on any atom is -0.473 e. The van der Waals surface area contributed by atoms with Gasteiger partial charge in [0.25, 0.3) is 0 Å². The molecule has 2 N–H and O–H groups in total. The van der Waals surface area contributed by atoms with Crippen LogP contribution in [0.2, 0.25) is 0 Å². The third kappa shape index (κ3) is 2.79. The van der Waals surface area contributed by atoms with Crippen LogP contribution in [0.15, 0.2) is 0 Å². The standard InChI is InChI=1S/C14H25N3O/c1-4-9-17-14(13(15)11(3)16-17)18-12-7-5-10(2)6-8-12/h10,12H,4-9,15H2,1-3H3. The van der Waals surface area contributed by atoms with Crippen molar-refractivity contribution in [3.63, 3.8) is 0 Å². The van der Waals surface area contributed by atoms with Gasteiger partial charge in [-0.2, -0.15) is 5.10 Å². The van der Waals surface area contributed by atoms with Crippen molar-refractivity contribution >= 4 is 5.69 Å². The second kappa shape index (κ2) is 5.63. The average Bonchev–Trinajstić information content (AvgIpc) is 2.60. The van der Waals surface area contributed by atoms with Gasteiger partial charge in [-0.15, -0.1) is 0 Å². The molecule has 0 amide bonds. The first-order valence-electron chi connectivity index (χ1n) is 7.11. The predicted molar refractivity (Wildman–Crippen MR) is 73.7 cm³/mol. The first-order chi connectivity index (χ1) is 8.61. The van der Waals surface area contributed by atoms with Crippen molar-refractivity contribution in [2.45, 2.75) is 65.5 Å². The van der Waals surface area contributed by atoms with E-state index in [1.165, 1.54) is 12.8 Å². The average molecular weight is 251 g/mol. The van der Waals surface area contributed by atoms with Gasteiger partial charge in [0.15, 0.2) is 0 Å². The Morgan fingerprint density at radius 3 is 2.61 bits per heavy atom. The third-order valence-corrected chi connectivity index (χ3v) is 3.80. The maximum Gasteiger partial charge on any atom is 0.236 e. The first-order valence-corrected chi connectivity index (χ1v) is 7.11. The fourth-order valence-electron chi connectivity index (χ4n) is 2.57. The zero-order chi connectivity index (χ0) is 13.1. The molecule has 0 bridgehead atoms. The number of aryl methyl sites for hydroxylation is 2. The second-order valence-corrected chi connectivity index (χ2v) is 5.53. The third-order valence-electron chi connectivity index (χ3n) is 3.80. The number of ether oxygens (including phenoxy) is 1. The fourth-order valence-corrected chi connectivity index (χ4v) is 2.57. The molecule has 1 fully saturated rings. The molecule has 1 aromatic rings. The summed E-state index contributed by atoms with van der Waals surface area (Å²) < 4.78 is 8.03. The normalized spacial score (nSPS) is 24.2. The van der Waals surface area contributed by atoms with Crippen LogP contribution in [-0.4, -0.2) is 15.9 Å². The predicted octanol–water partition coefficient (Wildman–Crippen LogP) is 3.14. The maximum absolute atomic E-state index is 6.11. The Morgan fingerprint density at radius 1 is 1.33 bits per heavy atom. The highest BCUT2D eigenvalue weighted by Gasteiger charge is 2.23. The quantitative estimate of drug-likeness (QED) is 0.894. The minimum atomic E-state index is 0.315. The second-order valence-electron chi connectivity index (χ2n) is 5.53. The van der Waals surface area contributed by atoms with E-state index < -0.39 is 0 Å². The monoisotopic (exact) mass is 251 g/mol. The summed E-state index contributed by atoms with van der Waals surface area (Å²) in [5.41, 5.74) is 7.66. The van der Waals surface area contributed by atoms with E-state index in [4.69, 9.17) is 10.5 Å². The molecule has 18 heavy (non-hydrogen) atoms. The highest BCUT2D eigenvalue weighted by atomic mass is 16.5. The largest absolute Gasteiger partial charge is 0.473 e. The molecule has 0 aliphatic heterocycles. The smallest absolute Gasteiger partial charge is 0.236 e. The maximum atomic E-state index is 6.11. The molecular weight excluding hydrogens is 226 g/mol. The van der Waals surface area contributed by atoms with Crippen LogP contribution >= 0.6 is 0 Å². The Bertz CT molecular complexity index is 392. The molecule has 1 heterocycles. The number of anilines is 1. The van der Waals surface area contributed by atoms with E-state index in [0.29, 0.717) is 11.8 Å². The lowest BCUT2D eigenvalue weighted by molar-refractivity contribution is 0.123. The molecule has 0 unspecified atom stereocenters. The summed E-state index contributed by atoms with van der Waals surface area (Å²) in [6.07, 6.45) is 6.14. The molecule has 1 aromatic heterocycles. The topological polar surface area (TPSA) is 53.1 Å². The van der Waals surface area contributed by atoms with Gasteiger partial charge in [0.2, 0.25) is 5.88 Å². The SMILES string of the molecule is CCCn1nc(C)c(N)c1OC1CCC(C)CC1. The van der Waals surface area contributed by atoms with Gasteiger partial charge in [0.1, 0.15) is 11.8 Å². The van der Waals surface area contributed by atoms with Crippen molar-refractivity contribution in [2.75, 3.05) is 5.73 Å². The summed E-state index contributed by atoms with van der Waals surface area (Å²) in [5, 5.41) is 4.45. The number of hydrogen-bond donors (Lipinski definition) is 1. The lowest BCUT2D eigenvalue weighted by Crippen LogP contribution is -2.24. The molecule has 0 aromatic carbocycles. The van der Waals surface area contributed by atoms with E-state index in [9.17, 15) is 0 Å². The summed E-state index contributed by atoms with van der Waals surface area (Å²) in [4.78, 5) is 0. The molecule has 1 saturated carbocycles. The minimum absolute atomic E-state index is 0.315.